The highest BCUT2D eigenvalue weighted by molar-refractivity contribution is 5.95. The highest BCUT2D eigenvalue weighted by Gasteiger charge is 2.33. The predicted octanol–water partition coefficient (Wildman–Crippen LogP) is 3.38. The Morgan fingerprint density at radius 1 is 1.00 bits per heavy atom. The first kappa shape index (κ1) is 18.2. The van der Waals surface area contributed by atoms with Crippen LogP contribution in [0.5, 0.6) is 0 Å². The van der Waals surface area contributed by atoms with Crippen molar-refractivity contribution in [2.75, 3.05) is 19.0 Å². The van der Waals surface area contributed by atoms with Crippen molar-refractivity contribution >= 4 is 28.3 Å². The third kappa shape index (κ3) is 3.75. The molecule has 5 nitrogen and oxygen atoms in total. The number of fused-ring (bicyclic) bond motifs is 2. The van der Waals surface area contributed by atoms with Gasteiger partial charge in [-0.2, -0.15) is 0 Å². The number of benzene rings is 3. The minimum Gasteiger partial charge on any atom is -0.468 e. The molecule has 5 heteroatoms. The molecule has 28 heavy (non-hydrogen) atoms. The molecule has 4 rings (SSSR count). The number of anilines is 1. The maximum absolute atomic E-state index is 12.7. The van der Waals surface area contributed by atoms with Crippen molar-refractivity contribution in [3.05, 3.63) is 77.9 Å². The molecule has 0 bridgehead atoms. The van der Waals surface area contributed by atoms with E-state index in [1.165, 1.54) is 7.11 Å². The summed E-state index contributed by atoms with van der Waals surface area (Å²) in [5.41, 5.74) is 3.01. The minimum absolute atomic E-state index is 0.126. The molecule has 3 aromatic carbocycles. The number of nitrogens with one attached hydrogen (secondary N) is 1. The molecule has 142 valence electrons. The van der Waals surface area contributed by atoms with E-state index in [1.54, 1.807) is 0 Å². The number of esters is 1. The van der Waals surface area contributed by atoms with Crippen molar-refractivity contribution in [1.29, 1.82) is 0 Å². The highest BCUT2D eigenvalue weighted by Crippen LogP contribution is 2.24. The fourth-order valence-corrected chi connectivity index (χ4v) is 3.76. The van der Waals surface area contributed by atoms with Crippen LogP contribution in [-0.2, 0) is 27.3 Å². The van der Waals surface area contributed by atoms with Gasteiger partial charge in [0.1, 0.15) is 6.04 Å². The largest absolute Gasteiger partial charge is 0.468 e. The number of ether oxygens (including phenoxy) is 1. The fraction of sp³-hybridized carbons (Fsp3) is 0.217. The Balaban J connectivity index is 1.50. The number of carbonyl (C=O) groups excluding carboxylic acids is 2. The van der Waals surface area contributed by atoms with E-state index in [2.05, 4.69) is 5.32 Å². The van der Waals surface area contributed by atoms with Gasteiger partial charge in [0.25, 0.3) is 0 Å². The third-order valence-corrected chi connectivity index (χ3v) is 5.20. The molecule has 1 atom stereocenters. The van der Waals surface area contributed by atoms with Crippen LogP contribution < -0.4 is 5.32 Å². The quantitative estimate of drug-likeness (QED) is 0.712. The number of rotatable bonds is 4. The first-order valence-corrected chi connectivity index (χ1v) is 9.31. The molecular formula is C23H22N2O3. The summed E-state index contributed by atoms with van der Waals surface area (Å²) in [6.45, 7) is 0.669. The molecule has 0 saturated heterocycles. The monoisotopic (exact) mass is 374 g/mol. The third-order valence-electron chi connectivity index (χ3n) is 5.20. The Morgan fingerprint density at radius 3 is 2.50 bits per heavy atom. The first-order chi connectivity index (χ1) is 13.6. The van der Waals surface area contributed by atoms with E-state index in [0.29, 0.717) is 13.0 Å². The zero-order valence-corrected chi connectivity index (χ0v) is 15.7. The van der Waals surface area contributed by atoms with E-state index in [9.17, 15) is 9.59 Å². The van der Waals surface area contributed by atoms with Gasteiger partial charge < -0.3 is 10.1 Å². The topological polar surface area (TPSA) is 58.6 Å². The summed E-state index contributed by atoms with van der Waals surface area (Å²) in [5.74, 6) is -0.462. The van der Waals surface area contributed by atoms with Gasteiger partial charge in [-0.05, 0) is 40.5 Å². The number of amides is 1. The molecule has 1 N–H and O–H groups in total. The highest BCUT2D eigenvalue weighted by atomic mass is 16.5. The van der Waals surface area contributed by atoms with Gasteiger partial charge in [-0.15, -0.1) is 0 Å². The average molecular weight is 374 g/mol. The van der Waals surface area contributed by atoms with Crippen molar-refractivity contribution in [3.8, 4) is 0 Å². The van der Waals surface area contributed by atoms with E-state index in [1.807, 2.05) is 71.6 Å². The van der Waals surface area contributed by atoms with Gasteiger partial charge in [0.15, 0.2) is 0 Å². The Morgan fingerprint density at radius 2 is 1.71 bits per heavy atom. The molecule has 0 saturated carbocycles. The van der Waals surface area contributed by atoms with Gasteiger partial charge in [0, 0.05) is 12.2 Å². The first-order valence-electron chi connectivity index (χ1n) is 9.31. The van der Waals surface area contributed by atoms with Gasteiger partial charge >= 0.3 is 5.97 Å². The minimum atomic E-state index is -0.456. The van der Waals surface area contributed by atoms with Crippen molar-refractivity contribution in [2.45, 2.75) is 19.0 Å². The van der Waals surface area contributed by atoms with Gasteiger partial charge in [0.2, 0.25) is 5.91 Å². The van der Waals surface area contributed by atoms with E-state index in [4.69, 9.17) is 4.74 Å². The zero-order chi connectivity index (χ0) is 19.5. The van der Waals surface area contributed by atoms with Crippen LogP contribution in [0.1, 0.15) is 11.1 Å². The molecule has 0 radical (unpaired) electrons. The predicted molar refractivity (Wildman–Crippen MR) is 109 cm³/mol. The Kier molecular flexibility index (Phi) is 5.08. The van der Waals surface area contributed by atoms with E-state index >= 15 is 0 Å². The van der Waals surface area contributed by atoms with E-state index in [-0.39, 0.29) is 18.4 Å². The Bertz CT molecular complexity index is 1030. The van der Waals surface area contributed by atoms with Gasteiger partial charge in [0.05, 0.1) is 13.7 Å². The lowest BCUT2D eigenvalue weighted by molar-refractivity contribution is -0.148. The number of hydrogen-bond donors (Lipinski definition) is 1. The lowest BCUT2D eigenvalue weighted by Gasteiger charge is -2.34. The summed E-state index contributed by atoms with van der Waals surface area (Å²) in [7, 11) is 1.39. The van der Waals surface area contributed by atoms with Crippen LogP contribution in [-0.4, -0.2) is 36.5 Å². The second-order valence-corrected chi connectivity index (χ2v) is 7.03. The molecule has 1 heterocycles. The molecule has 0 fully saturated rings. The maximum atomic E-state index is 12.7. The summed E-state index contributed by atoms with van der Waals surface area (Å²) in [6, 6.07) is 21.4. The fourth-order valence-electron chi connectivity index (χ4n) is 3.76. The smallest absolute Gasteiger partial charge is 0.323 e. The molecular weight excluding hydrogens is 352 g/mol. The second-order valence-electron chi connectivity index (χ2n) is 7.03. The van der Waals surface area contributed by atoms with Gasteiger partial charge in [-0.25, -0.2) is 0 Å². The van der Waals surface area contributed by atoms with E-state index < -0.39 is 6.04 Å². The number of hydrogen-bond acceptors (Lipinski definition) is 4. The van der Waals surface area contributed by atoms with Gasteiger partial charge in [-0.1, -0.05) is 54.6 Å². The summed E-state index contributed by atoms with van der Waals surface area (Å²) in [4.78, 5) is 26.8. The number of carbonyl (C=O) groups is 2. The van der Waals surface area contributed by atoms with Crippen LogP contribution in [0.4, 0.5) is 5.69 Å². The number of nitrogens with zero attached hydrogens (tertiary/aromatic N) is 1. The lowest BCUT2D eigenvalue weighted by atomic mass is 9.94. The Labute approximate surface area is 163 Å². The molecule has 1 aliphatic rings. The lowest BCUT2D eigenvalue weighted by Crippen LogP contribution is -2.49. The van der Waals surface area contributed by atoms with Crippen molar-refractivity contribution in [1.82, 2.24) is 4.90 Å². The van der Waals surface area contributed by atoms with Crippen LogP contribution in [0.2, 0.25) is 0 Å². The van der Waals surface area contributed by atoms with Crippen LogP contribution in [0.15, 0.2) is 66.7 Å². The maximum Gasteiger partial charge on any atom is 0.323 e. The van der Waals surface area contributed by atoms with Crippen LogP contribution in [0, 0.1) is 0 Å². The van der Waals surface area contributed by atoms with Crippen LogP contribution in [0.25, 0.3) is 10.8 Å². The summed E-state index contributed by atoms with van der Waals surface area (Å²) in [6.07, 6.45) is 0.548. The molecule has 0 unspecified atom stereocenters. The molecule has 3 aromatic rings. The Hall–Kier alpha value is -3.18. The van der Waals surface area contributed by atoms with Crippen molar-refractivity contribution in [3.63, 3.8) is 0 Å². The van der Waals surface area contributed by atoms with Crippen molar-refractivity contribution in [2.24, 2.45) is 0 Å². The van der Waals surface area contributed by atoms with E-state index in [0.717, 1.165) is 27.6 Å². The molecule has 0 aromatic heterocycles. The molecule has 0 spiro atoms. The van der Waals surface area contributed by atoms with Crippen LogP contribution in [0.3, 0.4) is 0 Å². The summed E-state index contributed by atoms with van der Waals surface area (Å²) >= 11 is 0. The summed E-state index contributed by atoms with van der Waals surface area (Å²) in [5, 5.41) is 5.14. The van der Waals surface area contributed by atoms with Gasteiger partial charge in [-0.3, -0.25) is 14.5 Å². The normalized spacial score (nSPS) is 16.4. The van der Waals surface area contributed by atoms with Crippen LogP contribution >= 0.6 is 0 Å². The summed E-state index contributed by atoms with van der Waals surface area (Å²) < 4.78 is 4.97. The van der Waals surface area contributed by atoms with Crippen molar-refractivity contribution < 1.29 is 14.3 Å². The average Bonchev–Trinajstić information content (AvgIpc) is 2.72. The zero-order valence-electron chi connectivity index (χ0n) is 15.7. The second kappa shape index (κ2) is 7.82. The SMILES string of the molecule is COC(=O)[C@H]1Cc2ccccc2CN1CC(=O)Nc1ccc2ccccc2c1. The molecule has 1 amide bonds. The molecule has 0 aliphatic carbocycles. The standard InChI is InChI=1S/C23H22N2O3/c1-28-23(27)21-13-18-8-4-5-9-19(18)14-25(21)15-22(26)24-20-11-10-16-6-2-3-7-17(16)12-20/h2-12,21H,13-15H2,1H3,(H,24,26)/t21-/m1/s1. The number of methoxy groups -OCH3 is 1. The molecule has 1 aliphatic heterocycles.